The highest BCUT2D eigenvalue weighted by molar-refractivity contribution is 6.30. The Balaban J connectivity index is 1.79. The van der Waals surface area contributed by atoms with Crippen molar-refractivity contribution in [1.29, 1.82) is 0 Å². The first kappa shape index (κ1) is 16.0. The highest BCUT2D eigenvalue weighted by Gasteiger charge is 2.22. The van der Waals surface area contributed by atoms with Crippen LogP contribution in [-0.2, 0) is 11.3 Å². The molecule has 2 heterocycles. The largest absolute Gasteiger partial charge is 0.441 e. The lowest BCUT2D eigenvalue weighted by atomic mass is 10.2. The standard InChI is InChI=1S/C17H20ClN3O2/c1-11-9-19-16(22)6-7-21(11)10-15-12(2)23-17(20-15)13-4-3-5-14(18)8-13/h3-5,8,11H,6-7,9-10H2,1-2H3,(H,19,22)/t11-/m1/s1. The number of hydrogen-bond donors (Lipinski definition) is 1. The minimum atomic E-state index is 0.107. The van der Waals surface area contributed by atoms with Gasteiger partial charge in [0.1, 0.15) is 5.76 Å². The number of rotatable bonds is 3. The first-order chi connectivity index (χ1) is 11.0. The van der Waals surface area contributed by atoms with Crippen LogP contribution in [-0.4, -0.2) is 34.9 Å². The number of nitrogens with zero attached hydrogens (tertiary/aromatic N) is 2. The molecule has 0 radical (unpaired) electrons. The van der Waals surface area contributed by atoms with Gasteiger partial charge < -0.3 is 9.73 Å². The van der Waals surface area contributed by atoms with Crippen molar-refractivity contribution in [1.82, 2.24) is 15.2 Å². The van der Waals surface area contributed by atoms with E-state index < -0.39 is 0 Å². The van der Waals surface area contributed by atoms with E-state index >= 15 is 0 Å². The summed E-state index contributed by atoms with van der Waals surface area (Å²) < 4.78 is 5.81. The first-order valence-electron chi connectivity index (χ1n) is 7.76. The van der Waals surface area contributed by atoms with Crippen LogP contribution in [0.4, 0.5) is 0 Å². The maximum Gasteiger partial charge on any atom is 0.226 e. The van der Waals surface area contributed by atoms with Crippen molar-refractivity contribution in [3.63, 3.8) is 0 Å². The van der Waals surface area contributed by atoms with E-state index in [2.05, 4.69) is 22.1 Å². The Hall–Kier alpha value is -1.85. The van der Waals surface area contributed by atoms with Gasteiger partial charge in [-0.2, -0.15) is 0 Å². The molecule has 1 amide bonds. The van der Waals surface area contributed by atoms with E-state index in [0.717, 1.165) is 23.6 Å². The second-order valence-electron chi connectivity index (χ2n) is 5.91. The van der Waals surface area contributed by atoms with Crippen LogP contribution < -0.4 is 5.32 Å². The topological polar surface area (TPSA) is 58.4 Å². The molecule has 2 aromatic rings. The number of nitrogens with one attached hydrogen (secondary N) is 1. The monoisotopic (exact) mass is 333 g/mol. The van der Waals surface area contributed by atoms with Gasteiger partial charge in [-0.3, -0.25) is 9.69 Å². The third-order valence-corrected chi connectivity index (χ3v) is 4.40. The van der Waals surface area contributed by atoms with Gasteiger partial charge in [0.05, 0.1) is 5.69 Å². The second-order valence-corrected chi connectivity index (χ2v) is 6.34. The number of aryl methyl sites for hydroxylation is 1. The minimum Gasteiger partial charge on any atom is -0.441 e. The molecular weight excluding hydrogens is 314 g/mol. The zero-order valence-corrected chi connectivity index (χ0v) is 14.1. The summed E-state index contributed by atoms with van der Waals surface area (Å²) in [4.78, 5) is 18.4. The normalized spacial score (nSPS) is 19.4. The summed E-state index contributed by atoms with van der Waals surface area (Å²) >= 11 is 6.03. The minimum absolute atomic E-state index is 0.107. The summed E-state index contributed by atoms with van der Waals surface area (Å²) in [6, 6.07) is 7.74. The van der Waals surface area contributed by atoms with Crippen LogP contribution in [0.25, 0.3) is 11.5 Å². The van der Waals surface area contributed by atoms with Crippen molar-refractivity contribution in [2.24, 2.45) is 0 Å². The molecule has 1 saturated heterocycles. The van der Waals surface area contributed by atoms with Gasteiger partial charge in [-0.1, -0.05) is 17.7 Å². The van der Waals surface area contributed by atoms with Crippen LogP contribution in [0.5, 0.6) is 0 Å². The molecule has 1 N–H and O–H groups in total. The van der Waals surface area contributed by atoms with Gasteiger partial charge in [-0.25, -0.2) is 4.98 Å². The molecule has 1 aromatic heterocycles. The zero-order valence-electron chi connectivity index (χ0n) is 13.3. The van der Waals surface area contributed by atoms with E-state index in [1.807, 2.05) is 31.2 Å². The average Bonchev–Trinajstić information content (AvgIpc) is 2.81. The Bertz CT molecular complexity index is 714. The van der Waals surface area contributed by atoms with E-state index in [1.54, 1.807) is 0 Å². The maximum atomic E-state index is 11.5. The summed E-state index contributed by atoms with van der Waals surface area (Å²) in [5.41, 5.74) is 1.77. The molecule has 5 nitrogen and oxygen atoms in total. The van der Waals surface area contributed by atoms with Gasteiger partial charge in [0.2, 0.25) is 11.8 Å². The second kappa shape index (κ2) is 6.72. The van der Waals surface area contributed by atoms with Gasteiger partial charge in [-0.15, -0.1) is 0 Å². The Morgan fingerprint density at radius 2 is 2.30 bits per heavy atom. The number of halogens is 1. The molecule has 1 aromatic carbocycles. The van der Waals surface area contributed by atoms with Crippen molar-refractivity contribution in [2.45, 2.75) is 32.9 Å². The number of carbonyl (C=O) groups excluding carboxylic acids is 1. The first-order valence-corrected chi connectivity index (χ1v) is 8.13. The molecule has 0 saturated carbocycles. The highest BCUT2D eigenvalue weighted by atomic mass is 35.5. The van der Waals surface area contributed by atoms with Crippen molar-refractivity contribution in [2.75, 3.05) is 13.1 Å². The molecule has 1 atom stereocenters. The molecule has 0 aliphatic carbocycles. The summed E-state index contributed by atoms with van der Waals surface area (Å²) in [7, 11) is 0. The van der Waals surface area contributed by atoms with E-state index in [1.165, 1.54) is 0 Å². The molecule has 23 heavy (non-hydrogen) atoms. The van der Waals surface area contributed by atoms with Crippen LogP contribution in [0.1, 0.15) is 24.8 Å². The van der Waals surface area contributed by atoms with Crippen LogP contribution in [0.15, 0.2) is 28.7 Å². The lowest BCUT2D eigenvalue weighted by Gasteiger charge is -2.25. The van der Waals surface area contributed by atoms with Crippen molar-refractivity contribution in [3.8, 4) is 11.5 Å². The Labute approximate surface area is 140 Å². The third-order valence-electron chi connectivity index (χ3n) is 4.16. The number of hydrogen-bond acceptors (Lipinski definition) is 4. The molecular formula is C17H20ClN3O2. The number of carbonyl (C=O) groups is 1. The maximum absolute atomic E-state index is 11.5. The molecule has 1 aliphatic rings. The summed E-state index contributed by atoms with van der Waals surface area (Å²) in [6.07, 6.45) is 0.516. The van der Waals surface area contributed by atoms with E-state index in [0.29, 0.717) is 30.4 Å². The molecule has 122 valence electrons. The van der Waals surface area contributed by atoms with Gasteiger partial charge in [0.15, 0.2) is 0 Å². The van der Waals surface area contributed by atoms with Gasteiger partial charge in [0, 0.05) is 42.7 Å². The number of oxazole rings is 1. The lowest BCUT2D eigenvalue weighted by molar-refractivity contribution is -0.120. The summed E-state index contributed by atoms with van der Waals surface area (Å²) in [6.45, 7) is 6.09. The van der Waals surface area contributed by atoms with Gasteiger partial charge >= 0.3 is 0 Å². The van der Waals surface area contributed by atoms with E-state index in [-0.39, 0.29) is 11.9 Å². The lowest BCUT2D eigenvalue weighted by Crippen LogP contribution is -2.37. The number of aromatic nitrogens is 1. The predicted octanol–water partition coefficient (Wildman–Crippen LogP) is 3.01. The molecule has 3 rings (SSSR count). The van der Waals surface area contributed by atoms with Gasteiger partial charge in [-0.05, 0) is 32.0 Å². The molecule has 0 unspecified atom stereocenters. The Morgan fingerprint density at radius 1 is 1.48 bits per heavy atom. The average molecular weight is 334 g/mol. The van der Waals surface area contributed by atoms with Crippen LogP contribution in [0.3, 0.4) is 0 Å². The Kier molecular flexibility index (Phi) is 4.68. The van der Waals surface area contributed by atoms with Crippen molar-refractivity contribution in [3.05, 3.63) is 40.7 Å². The fraction of sp³-hybridized carbons (Fsp3) is 0.412. The fourth-order valence-electron chi connectivity index (χ4n) is 2.69. The van der Waals surface area contributed by atoms with Crippen LogP contribution in [0, 0.1) is 6.92 Å². The van der Waals surface area contributed by atoms with Crippen molar-refractivity contribution < 1.29 is 9.21 Å². The smallest absolute Gasteiger partial charge is 0.226 e. The van der Waals surface area contributed by atoms with E-state index in [9.17, 15) is 4.79 Å². The van der Waals surface area contributed by atoms with Crippen molar-refractivity contribution >= 4 is 17.5 Å². The SMILES string of the molecule is Cc1oc(-c2cccc(Cl)c2)nc1CN1CCC(=O)NC[C@H]1C. The molecule has 0 bridgehead atoms. The fourth-order valence-corrected chi connectivity index (χ4v) is 2.88. The van der Waals surface area contributed by atoms with Gasteiger partial charge in [0.25, 0.3) is 0 Å². The highest BCUT2D eigenvalue weighted by Crippen LogP contribution is 2.25. The van der Waals surface area contributed by atoms with E-state index in [4.69, 9.17) is 16.0 Å². The summed E-state index contributed by atoms with van der Waals surface area (Å²) in [5, 5.41) is 3.58. The molecule has 1 fully saturated rings. The zero-order chi connectivity index (χ0) is 16.4. The van der Waals surface area contributed by atoms with Crippen LogP contribution in [0.2, 0.25) is 5.02 Å². The predicted molar refractivity (Wildman–Crippen MR) is 89.2 cm³/mol. The number of amides is 1. The number of benzene rings is 1. The van der Waals surface area contributed by atoms with Crippen LogP contribution >= 0.6 is 11.6 Å². The molecule has 6 heteroatoms. The molecule has 1 aliphatic heterocycles. The third kappa shape index (κ3) is 3.74. The quantitative estimate of drug-likeness (QED) is 0.938. The molecule has 0 spiro atoms. The Morgan fingerprint density at radius 3 is 3.09 bits per heavy atom. The summed E-state index contributed by atoms with van der Waals surface area (Å²) in [5.74, 6) is 1.49.